The fourth-order valence-electron chi connectivity index (χ4n) is 1.84. The number of hydrogen-bond donors (Lipinski definition) is 0. The summed E-state index contributed by atoms with van der Waals surface area (Å²) in [6.45, 7) is 7.95. The van der Waals surface area contributed by atoms with Gasteiger partial charge in [0.2, 0.25) is 0 Å². The highest BCUT2D eigenvalue weighted by atomic mass is 16.5. The summed E-state index contributed by atoms with van der Waals surface area (Å²) < 4.78 is 5.27. The summed E-state index contributed by atoms with van der Waals surface area (Å²) in [7, 11) is 1.59. The Kier molecular flexibility index (Phi) is 4.25. The number of hydrogen-bond acceptors (Lipinski definition) is 2. The lowest BCUT2D eigenvalue weighted by Crippen LogP contribution is -2.29. The molecule has 0 N–H and O–H groups in total. The third-order valence-electron chi connectivity index (χ3n) is 2.78. The van der Waals surface area contributed by atoms with E-state index in [9.17, 15) is 4.79 Å². The molecule has 16 heavy (non-hydrogen) atoms. The third-order valence-corrected chi connectivity index (χ3v) is 2.78. The van der Waals surface area contributed by atoms with E-state index in [1.54, 1.807) is 7.11 Å². The zero-order valence-corrected chi connectivity index (χ0v) is 10.7. The molecular formula is C14H20O2. The van der Waals surface area contributed by atoms with Gasteiger partial charge in [-0.2, -0.15) is 0 Å². The lowest BCUT2D eigenvalue weighted by Gasteiger charge is -2.19. The SMILES string of the molecule is COC(C(=O)c1cc(C)ccc1C)C(C)C. The minimum Gasteiger partial charge on any atom is -0.373 e. The van der Waals surface area contributed by atoms with E-state index < -0.39 is 0 Å². The van der Waals surface area contributed by atoms with E-state index in [0.29, 0.717) is 0 Å². The van der Waals surface area contributed by atoms with Crippen molar-refractivity contribution in [2.45, 2.75) is 33.8 Å². The molecule has 0 aromatic heterocycles. The Hall–Kier alpha value is -1.15. The molecule has 1 aromatic rings. The fourth-order valence-corrected chi connectivity index (χ4v) is 1.84. The number of ether oxygens (including phenoxy) is 1. The first-order valence-electron chi connectivity index (χ1n) is 5.61. The van der Waals surface area contributed by atoms with Gasteiger partial charge in [-0.15, -0.1) is 0 Å². The molecule has 0 radical (unpaired) electrons. The molecule has 0 fully saturated rings. The van der Waals surface area contributed by atoms with Crippen molar-refractivity contribution in [1.29, 1.82) is 0 Å². The van der Waals surface area contributed by atoms with E-state index in [0.717, 1.165) is 16.7 Å². The van der Waals surface area contributed by atoms with Crippen molar-refractivity contribution in [1.82, 2.24) is 0 Å². The highest BCUT2D eigenvalue weighted by Gasteiger charge is 2.24. The maximum Gasteiger partial charge on any atom is 0.192 e. The highest BCUT2D eigenvalue weighted by molar-refractivity contribution is 6.01. The van der Waals surface area contributed by atoms with Crippen molar-refractivity contribution in [3.05, 3.63) is 34.9 Å². The summed E-state index contributed by atoms with van der Waals surface area (Å²) in [5.74, 6) is 0.274. The van der Waals surface area contributed by atoms with Crippen molar-refractivity contribution in [2.24, 2.45) is 5.92 Å². The van der Waals surface area contributed by atoms with Crippen LogP contribution in [0.25, 0.3) is 0 Å². The van der Waals surface area contributed by atoms with Gasteiger partial charge >= 0.3 is 0 Å². The molecule has 0 amide bonds. The maximum absolute atomic E-state index is 12.3. The second kappa shape index (κ2) is 5.26. The topological polar surface area (TPSA) is 26.3 Å². The highest BCUT2D eigenvalue weighted by Crippen LogP contribution is 2.17. The van der Waals surface area contributed by atoms with Crippen LogP contribution in [0.5, 0.6) is 0 Å². The average molecular weight is 220 g/mol. The van der Waals surface area contributed by atoms with Crippen molar-refractivity contribution in [3.63, 3.8) is 0 Å². The molecule has 1 aromatic carbocycles. The van der Waals surface area contributed by atoms with Crippen LogP contribution < -0.4 is 0 Å². The van der Waals surface area contributed by atoms with Gasteiger partial charge in [0, 0.05) is 12.7 Å². The number of benzene rings is 1. The lowest BCUT2D eigenvalue weighted by atomic mass is 9.94. The monoisotopic (exact) mass is 220 g/mol. The second-order valence-corrected chi connectivity index (χ2v) is 4.58. The zero-order valence-electron chi connectivity index (χ0n) is 10.7. The smallest absolute Gasteiger partial charge is 0.192 e. The molecule has 2 heteroatoms. The van der Waals surface area contributed by atoms with E-state index in [-0.39, 0.29) is 17.8 Å². The molecule has 0 spiro atoms. The number of Topliss-reactive ketones (excluding diaryl/α,β-unsaturated/α-hetero) is 1. The third kappa shape index (κ3) is 2.70. The summed E-state index contributed by atoms with van der Waals surface area (Å²) in [6, 6.07) is 5.94. The fraction of sp³-hybridized carbons (Fsp3) is 0.500. The summed E-state index contributed by atoms with van der Waals surface area (Å²) in [5, 5.41) is 0. The van der Waals surface area contributed by atoms with Crippen molar-refractivity contribution >= 4 is 5.78 Å². The second-order valence-electron chi connectivity index (χ2n) is 4.58. The Morgan fingerprint density at radius 2 is 1.88 bits per heavy atom. The molecular weight excluding hydrogens is 200 g/mol. The van der Waals surface area contributed by atoms with Crippen molar-refractivity contribution < 1.29 is 9.53 Å². The summed E-state index contributed by atoms with van der Waals surface area (Å²) >= 11 is 0. The largest absolute Gasteiger partial charge is 0.373 e. The van der Waals surface area contributed by atoms with Crippen LogP contribution in [-0.4, -0.2) is 19.0 Å². The maximum atomic E-state index is 12.3. The number of rotatable bonds is 4. The van der Waals surface area contributed by atoms with Crippen LogP contribution in [0.3, 0.4) is 0 Å². The predicted molar refractivity (Wildman–Crippen MR) is 65.9 cm³/mol. The molecule has 0 aliphatic carbocycles. The van der Waals surface area contributed by atoms with Gasteiger partial charge in [-0.1, -0.05) is 31.5 Å². The van der Waals surface area contributed by atoms with Gasteiger partial charge in [0.1, 0.15) is 6.10 Å². The quantitative estimate of drug-likeness (QED) is 0.729. The van der Waals surface area contributed by atoms with E-state index in [4.69, 9.17) is 4.74 Å². The number of methoxy groups -OCH3 is 1. The first-order valence-corrected chi connectivity index (χ1v) is 5.61. The molecule has 0 saturated heterocycles. The molecule has 0 aliphatic rings. The van der Waals surface area contributed by atoms with Gasteiger partial charge in [0.25, 0.3) is 0 Å². The Bertz CT molecular complexity index is 380. The standard InChI is InChI=1S/C14H20O2/c1-9(2)14(16-5)13(15)12-8-10(3)6-7-11(12)4/h6-9,14H,1-5H3. The van der Waals surface area contributed by atoms with E-state index in [1.165, 1.54) is 0 Å². The minimum atomic E-state index is -0.347. The molecule has 0 heterocycles. The molecule has 2 nitrogen and oxygen atoms in total. The molecule has 1 rings (SSSR count). The Morgan fingerprint density at radius 3 is 2.38 bits per heavy atom. The Balaban J connectivity index is 3.08. The van der Waals surface area contributed by atoms with E-state index in [1.807, 2.05) is 45.9 Å². The van der Waals surface area contributed by atoms with Gasteiger partial charge < -0.3 is 4.74 Å². The molecule has 0 saturated carbocycles. The first kappa shape index (κ1) is 12.9. The van der Waals surface area contributed by atoms with Gasteiger partial charge in [0.05, 0.1) is 0 Å². The van der Waals surface area contributed by atoms with E-state index >= 15 is 0 Å². The van der Waals surface area contributed by atoms with Crippen LogP contribution in [0.15, 0.2) is 18.2 Å². The molecule has 1 atom stereocenters. The predicted octanol–water partition coefficient (Wildman–Crippen LogP) is 3.16. The first-order chi connectivity index (χ1) is 7.47. The Labute approximate surface area is 97.6 Å². The van der Waals surface area contributed by atoms with Crippen LogP contribution in [0.2, 0.25) is 0 Å². The number of aryl methyl sites for hydroxylation is 2. The zero-order chi connectivity index (χ0) is 12.3. The van der Waals surface area contributed by atoms with E-state index in [2.05, 4.69) is 0 Å². The van der Waals surface area contributed by atoms with Crippen LogP contribution in [0, 0.1) is 19.8 Å². The number of carbonyl (C=O) groups is 1. The average Bonchev–Trinajstić information content (AvgIpc) is 2.22. The number of ketones is 1. The van der Waals surface area contributed by atoms with Crippen LogP contribution >= 0.6 is 0 Å². The number of carbonyl (C=O) groups excluding carboxylic acids is 1. The summed E-state index contributed by atoms with van der Waals surface area (Å²) in [6.07, 6.45) is -0.347. The summed E-state index contributed by atoms with van der Waals surface area (Å²) in [5.41, 5.74) is 2.89. The van der Waals surface area contributed by atoms with Gasteiger partial charge in [-0.05, 0) is 31.4 Å². The molecule has 0 bridgehead atoms. The lowest BCUT2D eigenvalue weighted by molar-refractivity contribution is 0.0458. The van der Waals surface area contributed by atoms with Crippen molar-refractivity contribution in [2.75, 3.05) is 7.11 Å². The Morgan fingerprint density at radius 1 is 1.25 bits per heavy atom. The van der Waals surface area contributed by atoms with Crippen LogP contribution in [0.4, 0.5) is 0 Å². The molecule has 0 aliphatic heterocycles. The minimum absolute atomic E-state index is 0.0821. The van der Waals surface area contributed by atoms with Gasteiger partial charge in [-0.25, -0.2) is 0 Å². The van der Waals surface area contributed by atoms with Crippen LogP contribution in [-0.2, 0) is 4.74 Å². The van der Waals surface area contributed by atoms with Crippen molar-refractivity contribution in [3.8, 4) is 0 Å². The molecule has 88 valence electrons. The summed E-state index contributed by atoms with van der Waals surface area (Å²) in [4.78, 5) is 12.3. The van der Waals surface area contributed by atoms with Crippen LogP contribution in [0.1, 0.15) is 35.3 Å². The normalized spacial score (nSPS) is 12.9. The molecule has 1 unspecified atom stereocenters. The van der Waals surface area contributed by atoms with Gasteiger partial charge in [0.15, 0.2) is 5.78 Å². The van der Waals surface area contributed by atoms with Gasteiger partial charge in [-0.3, -0.25) is 4.79 Å².